The van der Waals surface area contributed by atoms with Crippen LogP contribution >= 0.6 is 24.0 Å². The Hall–Kier alpha value is -1.59. The Morgan fingerprint density at radius 1 is 1.23 bits per heavy atom. The lowest BCUT2D eigenvalue weighted by atomic mass is 10.0. The van der Waals surface area contributed by atoms with Crippen molar-refractivity contribution in [2.75, 3.05) is 25.5 Å². The third-order valence-electron chi connectivity index (χ3n) is 4.61. The minimum Gasteiger partial charge on any atom is -0.322 e. The van der Waals surface area contributed by atoms with Gasteiger partial charge in [0.05, 0.1) is 0 Å². The number of rotatable bonds is 5. The lowest BCUT2D eigenvalue weighted by molar-refractivity contribution is 0.102. The van der Waals surface area contributed by atoms with Crippen LogP contribution in [0.2, 0.25) is 5.02 Å². The van der Waals surface area contributed by atoms with E-state index < -0.39 is 0 Å². The Balaban J connectivity index is 0.00000243. The number of carbonyl (C=O) groups excluding carboxylic acids is 1. The zero-order chi connectivity index (χ0) is 17.6. The highest BCUT2D eigenvalue weighted by atomic mass is 35.5. The SMILES string of the molecule is CNC1CCCN(Cc2cccc(NC(=O)c3ccc(Cl)cc3)c2)C1.Cl. The number of nitrogens with zero attached hydrogens (tertiary/aromatic N) is 1. The molecular formula is C20H25Cl2N3O. The Labute approximate surface area is 166 Å². The van der Waals surface area contributed by atoms with Crippen molar-refractivity contribution in [2.45, 2.75) is 25.4 Å². The van der Waals surface area contributed by atoms with Gasteiger partial charge in [0.15, 0.2) is 0 Å². The molecule has 2 aromatic rings. The van der Waals surface area contributed by atoms with Crippen molar-refractivity contribution in [3.8, 4) is 0 Å². The molecule has 0 aliphatic carbocycles. The van der Waals surface area contributed by atoms with Gasteiger partial charge in [0.1, 0.15) is 0 Å². The molecule has 26 heavy (non-hydrogen) atoms. The maximum Gasteiger partial charge on any atom is 0.255 e. The highest BCUT2D eigenvalue weighted by Gasteiger charge is 2.18. The summed E-state index contributed by atoms with van der Waals surface area (Å²) in [4.78, 5) is 14.8. The van der Waals surface area contributed by atoms with E-state index in [1.807, 2.05) is 19.2 Å². The fourth-order valence-corrected chi connectivity index (χ4v) is 3.37. The summed E-state index contributed by atoms with van der Waals surface area (Å²) in [5.41, 5.74) is 2.63. The molecule has 0 saturated carbocycles. The normalized spacial score (nSPS) is 17.4. The first-order valence-electron chi connectivity index (χ1n) is 8.69. The molecule has 0 spiro atoms. The Morgan fingerprint density at radius 3 is 2.73 bits per heavy atom. The monoisotopic (exact) mass is 393 g/mol. The highest BCUT2D eigenvalue weighted by Crippen LogP contribution is 2.18. The van der Waals surface area contributed by atoms with E-state index in [4.69, 9.17) is 11.6 Å². The molecule has 1 amide bonds. The summed E-state index contributed by atoms with van der Waals surface area (Å²) in [5, 5.41) is 6.96. The second-order valence-corrected chi connectivity index (χ2v) is 6.96. The molecule has 0 bridgehead atoms. The number of hydrogen-bond acceptors (Lipinski definition) is 3. The number of likely N-dealkylation sites (tertiary alicyclic amines) is 1. The van der Waals surface area contributed by atoms with E-state index in [1.54, 1.807) is 24.3 Å². The van der Waals surface area contributed by atoms with Crippen LogP contribution in [0.4, 0.5) is 5.69 Å². The van der Waals surface area contributed by atoms with E-state index in [2.05, 4.69) is 27.7 Å². The molecule has 0 radical (unpaired) electrons. The molecule has 2 aromatic carbocycles. The summed E-state index contributed by atoms with van der Waals surface area (Å²) in [7, 11) is 2.03. The summed E-state index contributed by atoms with van der Waals surface area (Å²) < 4.78 is 0. The summed E-state index contributed by atoms with van der Waals surface area (Å²) in [6, 6.07) is 15.6. The first kappa shape index (κ1) is 20.7. The first-order valence-corrected chi connectivity index (χ1v) is 9.07. The third kappa shape index (κ3) is 5.71. The van der Waals surface area contributed by atoms with Gasteiger partial charge in [-0.05, 0) is 68.4 Å². The lowest BCUT2D eigenvalue weighted by Gasteiger charge is -2.32. The van der Waals surface area contributed by atoms with Gasteiger partial charge < -0.3 is 10.6 Å². The molecule has 1 saturated heterocycles. The molecule has 2 N–H and O–H groups in total. The fourth-order valence-electron chi connectivity index (χ4n) is 3.24. The topological polar surface area (TPSA) is 44.4 Å². The van der Waals surface area contributed by atoms with Crippen LogP contribution in [0, 0.1) is 0 Å². The molecule has 1 atom stereocenters. The molecule has 1 aliphatic heterocycles. The number of amides is 1. The second-order valence-electron chi connectivity index (χ2n) is 6.52. The molecule has 1 aliphatic rings. The molecule has 3 rings (SSSR count). The van der Waals surface area contributed by atoms with Crippen LogP contribution in [0.25, 0.3) is 0 Å². The summed E-state index contributed by atoms with van der Waals surface area (Å²) >= 11 is 5.87. The average molecular weight is 394 g/mol. The second kappa shape index (κ2) is 9.93. The maximum atomic E-state index is 12.3. The maximum absolute atomic E-state index is 12.3. The van der Waals surface area contributed by atoms with Gasteiger partial charge in [-0.1, -0.05) is 23.7 Å². The quantitative estimate of drug-likeness (QED) is 0.799. The van der Waals surface area contributed by atoms with Gasteiger partial charge in [-0.15, -0.1) is 12.4 Å². The van der Waals surface area contributed by atoms with Crippen molar-refractivity contribution in [1.82, 2.24) is 10.2 Å². The predicted molar refractivity (Wildman–Crippen MR) is 110 cm³/mol. The molecule has 4 nitrogen and oxygen atoms in total. The van der Waals surface area contributed by atoms with Crippen LogP contribution in [-0.4, -0.2) is 37.0 Å². The van der Waals surface area contributed by atoms with E-state index in [9.17, 15) is 4.79 Å². The third-order valence-corrected chi connectivity index (χ3v) is 4.86. The van der Waals surface area contributed by atoms with Gasteiger partial charge in [-0.3, -0.25) is 9.69 Å². The number of halogens is 2. The molecule has 1 fully saturated rings. The largest absolute Gasteiger partial charge is 0.322 e. The van der Waals surface area contributed by atoms with Crippen LogP contribution in [0.1, 0.15) is 28.8 Å². The summed E-state index contributed by atoms with van der Waals surface area (Å²) in [6.45, 7) is 3.10. The van der Waals surface area contributed by atoms with E-state index in [0.717, 1.165) is 25.3 Å². The predicted octanol–water partition coefficient (Wildman–Crippen LogP) is 4.20. The standard InChI is InChI=1S/C20H24ClN3O.ClH/c1-22-19-6-3-11-24(14-19)13-15-4-2-5-18(12-15)23-20(25)16-7-9-17(21)10-8-16;/h2,4-5,7-10,12,19,22H,3,6,11,13-14H2,1H3,(H,23,25);1H. The Morgan fingerprint density at radius 2 is 2.00 bits per heavy atom. The van der Waals surface area contributed by atoms with Crippen molar-refractivity contribution in [3.05, 3.63) is 64.7 Å². The molecule has 6 heteroatoms. The molecule has 0 aromatic heterocycles. The molecular weight excluding hydrogens is 369 g/mol. The van der Waals surface area contributed by atoms with Crippen molar-refractivity contribution >= 4 is 35.6 Å². The summed E-state index contributed by atoms with van der Waals surface area (Å²) in [6.07, 6.45) is 2.46. The summed E-state index contributed by atoms with van der Waals surface area (Å²) in [5.74, 6) is -0.123. The number of piperidine rings is 1. The van der Waals surface area contributed by atoms with E-state index in [-0.39, 0.29) is 18.3 Å². The van der Waals surface area contributed by atoms with E-state index in [0.29, 0.717) is 16.6 Å². The van der Waals surface area contributed by atoms with E-state index >= 15 is 0 Å². The Kier molecular flexibility index (Phi) is 7.91. The van der Waals surface area contributed by atoms with Crippen LogP contribution in [0.5, 0.6) is 0 Å². The van der Waals surface area contributed by atoms with Gasteiger partial charge in [-0.25, -0.2) is 0 Å². The zero-order valence-electron chi connectivity index (χ0n) is 14.9. The minimum absolute atomic E-state index is 0. The van der Waals surface area contributed by atoms with Gasteiger partial charge in [0.2, 0.25) is 0 Å². The van der Waals surface area contributed by atoms with Crippen LogP contribution in [0.3, 0.4) is 0 Å². The van der Waals surface area contributed by atoms with Crippen LogP contribution < -0.4 is 10.6 Å². The average Bonchev–Trinajstić information content (AvgIpc) is 2.62. The van der Waals surface area contributed by atoms with Crippen molar-refractivity contribution in [2.24, 2.45) is 0 Å². The lowest BCUT2D eigenvalue weighted by Crippen LogP contribution is -2.43. The number of likely N-dealkylation sites (N-methyl/N-ethyl adjacent to an activating group) is 1. The van der Waals surface area contributed by atoms with Crippen molar-refractivity contribution in [1.29, 1.82) is 0 Å². The number of benzene rings is 2. The Bertz CT molecular complexity index is 721. The number of nitrogens with one attached hydrogen (secondary N) is 2. The van der Waals surface area contributed by atoms with Gasteiger partial charge in [0, 0.05) is 35.4 Å². The molecule has 1 unspecified atom stereocenters. The minimum atomic E-state index is -0.123. The highest BCUT2D eigenvalue weighted by molar-refractivity contribution is 6.30. The number of carbonyl (C=O) groups is 1. The fraction of sp³-hybridized carbons (Fsp3) is 0.350. The van der Waals surface area contributed by atoms with Crippen LogP contribution in [-0.2, 0) is 6.54 Å². The number of anilines is 1. The first-order chi connectivity index (χ1) is 12.1. The molecule has 140 valence electrons. The van der Waals surface area contributed by atoms with E-state index in [1.165, 1.54) is 18.4 Å². The van der Waals surface area contributed by atoms with Gasteiger partial charge in [0.25, 0.3) is 5.91 Å². The van der Waals surface area contributed by atoms with Crippen molar-refractivity contribution < 1.29 is 4.79 Å². The molecule has 1 heterocycles. The number of hydrogen-bond donors (Lipinski definition) is 2. The smallest absolute Gasteiger partial charge is 0.255 e. The van der Waals surface area contributed by atoms with Gasteiger partial charge in [-0.2, -0.15) is 0 Å². The van der Waals surface area contributed by atoms with Gasteiger partial charge >= 0.3 is 0 Å². The van der Waals surface area contributed by atoms with Crippen molar-refractivity contribution in [3.63, 3.8) is 0 Å². The van der Waals surface area contributed by atoms with Crippen LogP contribution in [0.15, 0.2) is 48.5 Å². The zero-order valence-corrected chi connectivity index (χ0v) is 16.4.